The smallest absolute Gasteiger partial charge is 0.239 e. The minimum Gasteiger partial charge on any atom is -0.354 e. The fourth-order valence-electron chi connectivity index (χ4n) is 0.840. The number of nitrogens with one attached hydrogen (secondary N) is 1. The summed E-state index contributed by atoms with van der Waals surface area (Å²) < 4.78 is 10.7. The summed E-state index contributed by atoms with van der Waals surface area (Å²) in [5.41, 5.74) is 4.94. The van der Waals surface area contributed by atoms with E-state index >= 15 is 0 Å². The molecular weight excluding hydrogens is 200 g/mol. The zero-order chi connectivity index (χ0) is 11.2. The first-order valence-corrected chi connectivity index (χ1v) is 6.50. The van der Waals surface area contributed by atoms with Crippen LogP contribution in [0.1, 0.15) is 26.7 Å². The van der Waals surface area contributed by atoms with Crippen LogP contribution in [-0.4, -0.2) is 34.2 Å². The predicted molar refractivity (Wildman–Crippen MR) is 59.4 cm³/mol. The molecule has 4 nitrogen and oxygen atoms in total. The van der Waals surface area contributed by atoms with Crippen molar-refractivity contribution in [3.8, 4) is 0 Å². The molecule has 0 aromatic rings. The summed E-state index contributed by atoms with van der Waals surface area (Å²) in [5.74, 6) is 0.482. The molecule has 0 aliphatic carbocycles. The molecule has 0 saturated heterocycles. The van der Waals surface area contributed by atoms with Gasteiger partial charge in [0.2, 0.25) is 5.91 Å². The number of carbonyl (C=O) groups excluding carboxylic acids is 1. The van der Waals surface area contributed by atoms with E-state index in [-0.39, 0.29) is 5.91 Å². The Balaban J connectivity index is 3.70. The Morgan fingerprint density at radius 3 is 2.57 bits per heavy atom. The van der Waals surface area contributed by atoms with Gasteiger partial charge >= 0.3 is 0 Å². The maximum absolute atomic E-state index is 11.4. The molecule has 0 aliphatic rings. The fraction of sp³-hybridized carbons (Fsp3) is 0.889. The quantitative estimate of drug-likeness (QED) is 0.619. The molecule has 5 heteroatoms. The van der Waals surface area contributed by atoms with Crippen LogP contribution in [0.25, 0.3) is 0 Å². The van der Waals surface area contributed by atoms with Crippen molar-refractivity contribution in [3.63, 3.8) is 0 Å². The molecule has 0 radical (unpaired) electrons. The molecule has 2 atom stereocenters. The van der Waals surface area contributed by atoms with Crippen molar-refractivity contribution in [3.05, 3.63) is 0 Å². The van der Waals surface area contributed by atoms with Crippen molar-refractivity contribution in [1.82, 2.24) is 5.32 Å². The van der Waals surface area contributed by atoms with Crippen LogP contribution in [0.3, 0.4) is 0 Å². The highest BCUT2D eigenvalue weighted by molar-refractivity contribution is 7.84. The number of rotatable bonds is 6. The SMILES string of the molecule is CCC(C)(N)C(=O)NCCCS(C)=O. The maximum atomic E-state index is 11.4. The molecule has 0 aromatic heterocycles. The van der Waals surface area contributed by atoms with Crippen LogP contribution < -0.4 is 11.1 Å². The second kappa shape index (κ2) is 6.14. The number of hydrogen-bond donors (Lipinski definition) is 2. The monoisotopic (exact) mass is 220 g/mol. The third-order valence-corrected chi connectivity index (χ3v) is 3.01. The van der Waals surface area contributed by atoms with Crippen LogP contribution in [0.5, 0.6) is 0 Å². The molecule has 0 fully saturated rings. The third kappa shape index (κ3) is 5.34. The van der Waals surface area contributed by atoms with E-state index in [2.05, 4.69) is 5.32 Å². The second-order valence-electron chi connectivity index (χ2n) is 3.66. The normalized spacial score (nSPS) is 17.1. The van der Waals surface area contributed by atoms with Crippen molar-refractivity contribution >= 4 is 16.7 Å². The highest BCUT2D eigenvalue weighted by Gasteiger charge is 2.24. The Kier molecular flexibility index (Phi) is 5.95. The highest BCUT2D eigenvalue weighted by Crippen LogP contribution is 2.03. The molecule has 0 bridgehead atoms. The first kappa shape index (κ1) is 13.6. The summed E-state index contributed by atoms with van der Waals surface area (Å²) in [5, 5.41) is 2.73. The van der Waals surface area contributed by atoms with Gasteiger partial charge in [-0.15, -0.1) is 0 Å². The Bertz CT molecular complexity index is 217. The molecule has 14 heavy (non-hydrogen) atoms. The van der Waals surface area contributed by atoms with E-state index in [9.17, 15) is 9.00 Å². The topological polar surface area (TPSA) is 72.2 Å². The van der Waals surface area contributed by atoms with Crippen molar-refractivity contribution in [1.29, 1.82) is 0 Å². The van der Waals surface area contributed by atoms with E-state index in [4.69, 9.17) is 5.73 Å². The lowest BCUT2D eigenvalue weighted by molar-refractivity contribution is -0.125. The van der Waals surface area contributed by atoms with Gasteiger partial charge in [-0.3, -0.25) is 9.00 Å². The van der Waals surface area contributed by atoms with Crippen molar-refractivity contribution < 1.29 is 9.00 Å². The maximum Gasteiger partial charge on any atom is 0.239 e. The summed E-state index contributed by atoms with van der Waals surface area (Å²) in [6, 6.07) is 0. The van der Waals surface area contributed by atoms with Gasteiger partial charge < -0.3 is 11.1 Å². The van der Waals surface area contributed by atoms with E-state index in [0.29, 0.717) is 18.7 Å². The van der Waals surface area contributed by atoms with Gasteiger partial charge in [0.1, 0.15) is 0 Å². The van der Waals surface area contributed by atoms with E-state index < -0.39 is 16.3 Å². The molecule has 0 saturated carbocycles. The van der Waals surface area contributed by atoms with Gasteiger partial charge in [0.15, 0.2) is 0 Å². The van der Waals surface area contributed by atoms with E-state index in [1.54, 1.807) is 13.2 Å². The number of hydrogen-bond acceptors (Lipinski definition) is 3. The van der Waals surface area contributed by atoms with Crippen LogP contribution in [-0.2, 0) is 15.6 Å². The molecule has 0 heterocycles. The Morgan fingerprint density at radius 2 is 2.14 bits per heavy atom. The second-order valence-corrected chi connectivity index (χ2v) is 5.21. The number of nitrogens with two attached hydrogens (primary N) is 1. The average molecular weight is 220 g/mol. The molecule has 0 rings (SSSR count). The van der Waals surface area contributed by atoms with Gasteiger partial charge in [-0.2, -0.15) is 0 Å². The zero-order valence-electron chi connectivity index (χ0n) is 9.13. The van der Waals surface area contributed by atoms with Gasteiger partial charge in [0, 0.05) is 29.4 Å². The van der Waals surface area contributed by atoms with Crippen molar-refractivity contribution in [2.75, 3.05) is 18.6 Å². The summed E-state index contributed by atoms with van der Waals surface area (Å²) in [6.45, 7) is 4.13. The predicted octanol–water partition coefficient (Wildman–Crippen LogP) is -0.00140. The summed E-state index contributed by atoms with van der Waals surface area (Å²) >= 11 is 0. The lowest BCUT2D eigenvalue weighted by Crippen LogP contribution is -2.51. The lowest BCUT2D eigenvalue weighted by Gasteiger charge is -2.21. The minimum absolute atomic E-state index is 0.137. The van der Waals surface area contributed by atoms with E-state index in [1.807, 2.05) is 6.92 Å². The highest BCUT2D eigenvalue weighted by atomic mass is 32.2. The molecule has 0 aromatic carbocycles. The van der Waals surface area contributed by atoms with Gasteiger partial charge in [0.25, 0.3) is 0 Å². The van der Waals surface area contributed by atoms with Gasteiger partial charge in [-0.25, -0.2) is 0 Å². The minimum atomic E-state index is -0.786. The Morgan fingerprint density at radius 1 is 1.57 bits per heavy atom. The zero-order valence-corrected chi connectivity index (χ0v) is 9.95. The summed E-state index contributed by atoms with van der Waals surface area (Å²) in [7, 11) is -0.786. The van der Waals surface area contributed by atoms with Crippen molar-refractivity contribution in [2.24, 2.45) is 5.73 Å². The third-order valence-electron chi connectivity index (χ3n) is 2.15. The van der Waals surface area contributed by atoms with Gasteiger partial charge in [-0.05, 0) is 19.8 Å². The molecule has 1 amide bonds. The van der Waals surface area contributed by atoms with Crippen LogP contribution >= 0.6 is 0 Å². The molecule has 2 unspecified atom stereocenters. The molecule has 84 valence electrons. The molecule has 0 spiro atoms. The first-order chi connectivity index (χ1) is 6.40. The Hall–Kier alpha value is -0.420. The standard InChI is InChI=1S/C9H20N2O2S/c1-4-9(2,10)8(12)11-6-5-7-14(3)13/h4-7,10H2,1-3H3,(H,11,12). The average Bonchev–Trinajstić information content (AvgIpc) is 2.11. The Labute approximate surface area is 88.1 Å². The van der Waals surface area contributed by atoms with Crippen LogP contribution in [0.15, 0.2) is 0 Å². The van der Waals surface area contributed by atoms with Crippen molar-refractivity contribution in [2.45, 2.75) is 32.2 Å². The van der Waals surface area contributed by atoms with Crippen LogP contribution in [0.2, 0.25) is 0 Å². The number of carbonyl (C=O) groups is 1. The lowest BCUT2D eigenvalue weighted by atomic mass is 10.00. The van der Waals surface area contributed by atoms with E-state index in [0.717, 1.165) is 6.42 Å². The summed E-state index contributed by atoms with van der Waals surface area (Å²) in [6.07, 6.45) is 2.99. The summed E-state index contributed by atoms with van der Waals surface area (Å²) in [4.78, 5) is 11.4. The number of amides is 1. The van der Waals surface area contributed by atoms with Crippen LogP contribution in [0.4, 0.5) is 0 Å². The largest absolute Gasteiger partial charge is 0.354 e. The molecular formula is C9H20N2O2S. The first-order valence-electron chi connectivity index (χ1n) is 4.77. The van der Waals surface area contributed by atoms with E-state index in [1.165, 1.54) is 0 Å². The van der Waals surface area contributed by atoms with Crippen LogP contribution in [0, 0.1) is 0 Å². The fourth-order valence-corrected chi connectivity index (χ4v) is 1.39. The van der Waals surface area contributed by atoms with Gasteiger partial charge in [-0.1, -0.05) is 6.92 Å². The molecule has 3 N–H and O–H groups in total. The molecule has 0 aliphatic heterocycles. The van der Waals surface area contributed by atoms with Gasteiger partial charge in [0.05, 0.1) is 5.54 Å².